The van der Waals surface area contributed by atoms with Crippen LogP contribution in [-0.2, 0) is 10.0 Å². The summed E-state index contributed by atoms with van der Waals surface area (Å²) in [6.45, 7) is 3.42. The lowest BCUT2D eigenvalue weighted by molar-refractivity contribution is 0.394. The highest BCUT2D eigenvalue weighted by Crippen LogP contribution is 2.30. The molecule has 0 aliphatic carbocycles. The maximum Gasteiger partial charge on any atom is 0.271 e. The van der Waals surface area contributed by atoms with Gasteiger partial charge < -0.3 is 4.52 Å². The molecule has 0 amide bonds. The Morgan fingerprint density at radius 1 is 1.30 bits per heavy atom. The van der Waals surface area contributed by atoms with Crippen LogP contribution in [-0.4, -0.2) is 18.6 Å². The van der Waals surface area contributed by atoms with E-state index >= 15 is 0 Å². The molecule has 0 atom stereocenters. The van der Waals surface area contributed by atoms with Crippen LogP contribution >= 0.6 is 22.9 Å². The Hall–Kier alpha value is -1.90. The lowest BCUT2D eigenvalue weighted by Gasteiger charge is -2.10. The molecule has 1 aromatic carbocycles. The van der Waals surface area contributed by atoms with E-state index in [-0.39, 0.29) is 4.21 Å². The Morgan fingerprint density at radius 2 is 2.09 bits per heavy atom. The minimum absolute atomic E-state index is 0.161. The van der Waals surface area contributed by atoms with Crippen LogP contribution in [0.3, 0.4) is 0 Å². The molecule has 0 fully saturated rings. The third kappa shape index (κ3) is 3.24. The van der Waals surface area contributed by atoms with Gasteiger partial charge in [-0.2, -0.15) is 4.98 Å². The summed E-state index contributed by atoms with van der Waals surface area (Å²) in [6, 6.07) is 6.57. The van der Waals surface area contributed by atoms with Crippen LogP contribution in [0.15, 0.2) is 38.4 Å². The second-order valence-electron chi connectivity index (χ2n) is 4.81. The summed E-state index contributed by atoms with van der Waals surface area (Å²) in [5.41, 5.74) is 1.71. The first-order valence-corrected chi connectivity index (χ1v) is 9.28. The van der Waals surface area contributed by atoms with Crippen LogP contribution in [0, 0.1) is 13.8 Å². The highest BCUT2D eigenvalue weighted by atomic mass is 35.5. The van der Waals surface area contributed by atoms with Gasteiger partial charge >= 0.3 is 0 Å². The van der Waals surface area contributed by atoms with Crippen LogP contribution in [0.1, 0.15) is 11.5 Å². The summed E-state index contributed by atoms with van der Waals surface area (Å²) in [5, 5.41) is 5.95. The van der Waals surface area contributed by atoms with Gasteiger partial charge in [0.2, 0.25) is 11.7 Å². The standard InChI is InChI=1S/C14H12ClN3O3S2/c1-8-11(15)4-3-5-12(8)18-23(19,20)13-6-10(7-22-13)14-16-9(2)21-17-14/h3-7,18H,1-2H3. The summed E-state index contributed by atoms with van der Waals surface area (Å²) >= 11 is 7.10. The van der Waals surface area contributed by atoms with Crippen LogP contribution in [0.25, 0.3) is 11.4 Å². The molecule has 0 aliphatic rings. The molecule has 0 radical (unpaired) electrons. The van der Waals surface area contributed by atoms with E-state index in [0.29, 0.717) is 33.6 Å². The van der Waals surface area contributed by atoms with Gasteiger partial charge in [-0.3, -0.25) is 4.72 Å². The number of nitrogens with zero attached hydrogens (tertiary/aromatic N) is 2. The van der Waals surface area contributed by atoms with Gasteiger partial charge in [0.25, 0.3) is 10.0 Å². The number of thiophene rings is 1. The molecule has 0 saturated carbocycles. The average Bonchev–Trinajstić information content (AvgIpc) is 3.12. The zero-order valence-electron chi connectivity index (χ0n) is 12.2. The zero-order chi connectivity index (χ0) is 16.6. The maximum atomic E-state index is 12.5. The number of nitrogens with one attached hydrogen (secondary N) is 1. The van der Waals surface area contributed by atoms with Crippen molar-refractivity contribution in [1.82, 2.24) is 10.1 Å². The molecule has 2 heterocycles. The van der Waals surface area contributed by atoms with Crippen LogP contribution < -0.4 is 4.72 Å². The second-order valence-corrected chi connectivity index (χ2v) is 8.04. The first-order chi connectivity index (χ1) is 10.9. The predicted octanol–water partition coefficient (Wildman–Crippen LogP) is 3.87. The van der Waals surface area contributed by atoms with E-state index in [0.717, 1.165) is 11.3 Å². The highest BCUT2D eigenvalue weighted by Gasteiger charge is 2.20. The summed E-state index contributed by atoms with van der Waals surface area (Å²) in [7, 11) is -3.71. The van der Waals surface area contributed by atoms with Crippen molar-refractivity contribution >= 4 is 38.6 Å². The molecular weight excluding hydrogens is 358 g/mol. The second kappa shape index (κ2) is 5.95. The zero-order valence-corrected chi connectivity index (χ0v) is 14.6. The van der Waals surface area contributed by atoms with E-state index in [1.165, 1.54) is 6.07 Å². The topological polar surface area (TPSA) is 85.1 Å². The van der Waals surface area contributed by atoms with Crippen molar-refractivity contribution < 1.29 is 12.9 Å². The number of benzene rings is 1. The molecule has 0 bridgehead atoms. The lowest BCUT2D eigenvalue weighted by Crippen LogP contribution is -2.12. The number of sulfonamides is 1. The Labute approximate surface area is 142 Å². The number of aryl methyl sites for hydroxylation is 1. The van der Waals surface area contributed by atoms with Gasteiger partial charge in [-0.05, 0) is 30.7 Å². The van der Waals surface area contributed by atoms with Crippen LogP contribution in [0.2, 0.25) is 5.02 Å². The monoisotopic (exact) mass is 369 g/mol. The Bertz CT molecular complexity index is 963. The fourth-order valence-corrected chi connectivity index (χ4v) is 4.36. The Balaban J connectivity index is 1.91. The maximum absolute atomic E-state index is 12.5. The lowest BCUT2D eigenvalue weighted by atomic mass is 10.2. The molecule has 3 rings (SSSR count). The number of hydrogen-bond acceptors (Lipinski definition) is 6. The van der Waals surface area contributed by atoms with Gasteiger partial charge in [-0.25, -0.2) is 8.42 Å². The van der Waals surface area contributed by atoms with Gasteiger partial charge in [0.05, 0.1) is 5.69 Å². The quantitative estimate of drug-likeness (QED) is 0.754. The fraction of sp³-hybridized carbons (Fsp3) is 0.143. The predicted molar refractivity (Wildman–Crippen MR) is 89.3 cm³/mol. The van der Waals surface area contributed by atoms with Gasteiger partial charge in [-0.1, -0.05) is 22.8 Å². The summed E-state index contributed by atoms with van der Waals surface area (Å²) in [4.78, 5) is 4.08. The van der Waals surface area contributed by atoms with E-state index in [9.17, 15) is 8.42 Å². The highest BCUT2D eigenvalue weighted by molar-refractivity contribution is 7.94. The average molecular weight is 370 g/mol. The summed E-state index contributed by atoms with van der Waals surface area (Å²) in [6.07, 6.45) is 0. The fourth-order valence-electron chi connectivity index (χ4n) is 1.90. The molecule has 2 aromatic heterocycles. The molecule has 23 heavy (non-hydrogen) atoms. The molecule has 6 nitrogen and oxygen atoms in total. The van der Waals surface area contributed by atoms with Crippen molar-refractivity contribution in [3.8, 4) is 11.4 Å². The molecule has 0 spiro atoms. The van der Waals surface area contributed by atoms with Crippen molar-refractivity contribution in [2.45, 2.75) is 18.1 Å². The van der Waals surface area contributed by atoms with Crippen molar-refractivity contribution in [2.24, 2.45) is 0 Å². The third-order valence-electron chi connectivity index (χ3n) is 3.14. The van der Waals surface area contributed by atoms with E-state index in [4.69, 9.17) is 16.1 Å². The van der Waals surface area contributed by atoms with Crippen LogP contribution in [0.5, 0.6) is 0 Å². The molecule has 3 aromatic rings. The molecule has 0 saturated heterocycles. The van der Waals surface area contributed by atoms with E-state index in [1.54, 1.807) is 37.4 Å². The number of aromatic nitrogens is 2. The summed E-state index contributed by atoms with van der Waals surface area (Å²) < 4.78 is 32.6. The smallest absolute Gasteiger partial charge is 0.271 e. The van der Waals surface area contributed by atoms with E-state index < -0.39 is 10.0 Å². The Kier molecular flexibility index (Phi) is 4.13. The normalized spacial score (nSPS) is 11.6. The summed E-state index contributed by atoms with van der Waals surface area (Å²) in [5.74, 6) is 0.780. The first-order valence-electron chi connectivity index (χ1n) is 6.54. The van der Waals surface area contributed by atoms with Crippen LogP contribution in [0.4, 0.5) is 5.69 Å². The molecular formula is C14H12ClN3O3S2. The number of rotatable bonds is 4. The van der Waals surface area contributed by atoms with Crippen molar-refractivity contribution in [3.05, 3.63) is 46.1 Å². The molecule has 1 N–H and O–H groups in total. The largest absolute Gasteiger partial charge is 0.339 e. The Morgan fingerprint density at radius 3 is 2.78 bits per heavy atom. The molecule has 0 aliphatic heterocycles. The number of halogens is 1. The van der Waals surface area contributed by atoms with Gasteiger partial charge in [-0.15, -0.1) is 11.3 Å². The van der Waals surface area contributed by atoms with Crippen molar-refractivity contribution in [2.75, 3.05) is 4.72 Å². The third-order valence-corrected chi connectivity index (χ3v) is 6.35. The van der Waals surface area contributed by atoms with E-state index in [1.807, 2.05) is 0 Å². The molecule has 0 unspecified atom stereocenters. The van der Waals surface area contributed by atoms with Gasteiger partial charge in [0, 0.05) is 22.9 Å². The minimum atomic E-state index is -3.71. The number of hydrogen-bond donors (Lipinski definition) is 1. The minimum Gasteiger partial charge on any atom is -0.339 e. The number of anilines is 1. The molecule has 9 heteroatoms. The van der Waals surface area contributed by atoms with Gasteiger partial charge in [0.15, 0.2) is 0 Å². The molecule has 120 valence electrons. The SMILES string of the molecule is Cc1nc(-c2csc(S(=O)(=O)Nc3cccc(Cl)c3C)c2)no1. The van der Waals surface area contributed by atoms with Crippen molar-refractivity contribution in [3.63, 3.8) is 0 Å². The van der Waals surface area contributed by atoms with Crippen molar-refractivity contribution in [1.29, 1.82) is 0 Å². The first kappa shape index (κ1) is 16.0. The van der Waals surface area contributed by atoms with Gasteiger partial charge in [0.1, 0.15) is 4.21 Å². The van der Waals surface area contributed by atoms with E-state index in [2.05, 4.69) is 14.9 Å².